The molecule has 0 atom stereocenters. The third-order valence-corrected chi connectivity index (χ3v) is 3.11. The van der Waals surface area contributed by atoms with Crippen LogP contribution in [0.1, 0.15) is 6.92 Å². The predicted octanol–water partition coefficient (Wildman–Crippen LogP) is 1.25. The third-order valence-electron chi connectivity index (χ3n) is 3.11. The summed E-state index contributed by atoms with van der Waals surface area (Å²) >= 11 is 0. The van der Waals surface area contributed by atoms with E-state index >= 15 is 0 Å². The van der Waals surface area contributed by atoms with Crippen LogP contribution in [0.25, 0.3) is 0 Å². The Morgan fingerprint density at radius 1 is 1.50 bits per heavy atom. The Hall–Kier alpha value is -2.41. The van der Waals surface area contributed by atoms with E-state index < -0.39 is 5.97 Å². The van der Waals surface area contributed by atoms with Crippen LogP contribution in [0.2, 0.25) is 0 Å². The van der Waals surface area contributed by atoms with E-state index in [1.165, 1.54) is 6.20 Å². The zero-order valence-corrected chi connectivity index (χ0v) is 12.5. The molecular formula is C15H20N4O3. The molecule has 2 heterocycles. The molecule has 7 heteroatoms. The molecule has 1 saturated heterocycles. The number of ether oxygens (including phenoxy) is 2. The van der Waals surface area contributed by atoms with Crippen LogP contribution in [0.4, 0.5) is 5.82 Å². The topological polar surface area (TPSA) is 87.5 Å². The maximum absolute atomic E-state index is 12.1. The van der Waals surface area contributed by atoms with Crippen molar-refractivity contribution in [3.63, 3.8) is 0 Å². The first-order valence-electron chi connectivity index (χ1n) is 7.19. The number of hydrogen-bond donors (Lipinski definition) is 2. The van der Waals surface area contributed by atoms with Gasteiger partial charge in [-0.2, -0.15) is 0 Å². The van der Waals surface area contributed by atoms with Crippen LogP contribution in [-0.4, -0.2) is 54.6 Å². The van der Waals surface area contributed by atoms with E-state index in [9.17, 15) is 4.79 Å². The average molecular weight is 304 g/mol. The van der Waals surface area contributed by atoms with Gasteiger partial charge in [-0.05, 0) is 19.1 Å². The van der Waals surface area contributed by atoms with Crippen LogP contribution in [0.15, 0.2) is 36.2 Å². The molecule has 0 saturated carbocycles. The molecule has 1 fully saturated rings. The Balaban J connectivity index is 2.14. The molecule has 2 rings (SSSR count). The van der Waals surface area contributed by atoms with E-state index in [0.717, 1.165) is 0 Å². The molecule has 0 aromatic carbocycles. The molecule has 1 aliphatic heterocycles. The van der Waals surface area contributed by atoms with Gasteiger partial charge in [-0.1, -0.05) is 6.07 Å². The van der Waals surface area contributed by atoms with Crippen molar-refractivity contribution in [1.29, 1.82) is 5.41 Å². The van der Waals surface area contributed by atoms with Gasteiger partial charge in [0, 0.05) is 25.5 Å². The standard InChI is InChI=1S/C15H20N4O3/c1-2-22-15(20)12(11-18-13-5-3-4-6-17-13)14(16)19-7-9-21-10-8-19/h3-6,11,16H,2,7-10H2,1H3,(H,17,18)/b12-11+,16-14?. The summed E-state index contributed by atoms with van der Waals surface area (Å²) in [5.74, 6) is 0.201. The average Bonchev–Trinajstić information content (AvgIpc) is 2.57. The molecule has 1 aromatic rings. The number of carbonyl (C=O) groups excluding carboxylic acids is 1. The van der Waals surface area contributed by atoms with Crippen LogP contribution >= 0.6 is 0 Å². The maximum atomic E-state index is 12.1. The number of aromatic nitrogens is 1. The summed E-state index contributed by atoms with van der Waals surface area (Å²) in [5.41, 5.74) is 0.175. The van der Waals surface area contributed by atoms with Crippen LogP contribution < -0.4 is 5.32 Å². The number of rotatable bonds is 5. The molecule has 1 aromatic heterocycles. The van der Waals surface area contributed by atoms with Gasteiger partial charge in [-0.3, -0.25) is 5.41 Å². The molecule has 0 bridgehead atoms. The van der Waals surface area contributed by atoms with Crippen molar-refractivity contribution in [2.75, 3.05) is 38.2 Å². The highest BCUT2D eigenvalue weighted by Gasteiger charge is 2.23. The number of morpholine rings is 1. The van der Waals surface area contributed by atoms with E-state index in [1.54, 1.807) is 30.2 Å². The second-order valence-corrected chi connectivity index (χ2v) is 4.59. The molecule has 0 spiro atoms. The Bertz CT molecular complexity index is 539. The Morgan fingerprint density at radius 3 is 2.91 bits per heavy atom. The molecule has 0 aliphatic carbocycles. The zero-order chi connectivity index (χ0) is 15.8. The minimum atomic E-state index is -0.526. The van der Waals surface area contributed by atoms with Crippen LogP contribution in [0.3, 0.4) is 0 Å². The molecule has 0 radical (unpaired) electrons. The number of amidine groups is 1. The Labute approximate surface area is 129 Å². The quantitative estimate of drug-likeness (QED) is 0.368. The van der Waals surface area contributed by atoms with E-state index in [0.29, 0.717) is 32.1 Å². The number of hydrogen-bond acceptors (Lipinski definition) is 6. The minimum absolute atomic E-state index is 0.130. The lowest BCUT2D eigenvalue weighted by atomic mass is 10.2. The summed E-state index contributed by atoms with van der Waals surface area (Å²) in [6.45, 7) is 4.26. The summed E-state index contributed by atoms with van der Waals surface area (Å²) in [4.78, 5) is 18.0. The molecule has 0 amide bonds. The highest BCUT2D eigenvalue weighted by Crippen LogP contribution is 2.09. The summed E-state index contributed by atoms with van der Waals surface area (Å²) in [6, 6.07) is 5.41. The monoisotopic (exact) mass is 304 g/mol. The first-order chi connectivity index (χ1) is 10.7. The fourth-order valence-electron chi connectivity index (χ4n) is 1.98. The van der Waals surface area contributed by atoms with Gasteiger partial charge in [0.2, 0.25) is 0 Å². The molecule has 0 unspecified atom stereocenters. The van der Waals surface area contributed by atoms with Gasteiger partial charge in [0.1, 0.15) is 17.2 Å². The van der Waals surface area contributed by atoms with Gasteiger partial charge in [0.05, 0.1) is 19.8 Å². The van der Waals surface area contributed by atoms with Crippen molar-refractivity contribution in [2.45, 2.75) is 6.92 Å². The maximum Gasteiger partial charge on any atom is 0.343 e. The van der Waals surface area contributed by atoms with Crippen LogP contribution in [0.5, 0.6) is 0 Å². The highest BCUT2D eigenvalue weighted by atomic mass is 16.5. The van der Waals surface area contributed by atoms with Crippen molar-refractivity contribution in [3.05, 3.63) is 36.2 Å². The molecule has 22 heavy (non-hydrogen) atoms. The third kappa shape index (κ3) is 4.29. The Kier molecular flexibility index (Phi) is 5.91. The predicted molar refractivity (Wildman–Crippen MR) is 82.7 cm³/mol. The minimum Gasteiger partial charge on any atom is -0.462 e. The highest BCUT2D eigenvalue weighted by molar-refractivity contribution is 6.17. The van der Waals surface area contributed by atoms with Crippen LogP contribution in [-0.2, 0) is 14.3 Å². The van der Waals surface area contributed by atoms with Crippen LogP contribution in [0, 0.1) is 5.41 Å². The van der Waals surface area contributed by atoms with E-state index in [2.05, 4.69) is 10.3 Å². The lowest BCUT2D eigenvalue weighted by molar-refractivity contribution is -0.138. The van der Waals surface area contributed by atoms with Gasteiger partial charge in [0.25, 0.3) is 0 Å². The van der Waals surface area contributed by atoms with Gasteiger partial charge >= 0.3 is 5.97 Å². The summed E-state index contributed by atoms with van der Waals surface area (Å²) in [6.07, 6.45) is 3.12. The van der Waals surface area contributed by atoms with Crippen molar-refractivity contribution >= 4 is 17.6 Å². The molecular weight excluding hydrogens is 284 g/mol. The van der Waals surface area contributed by atoms with Gasteiger partial charge in [0.15, 0.2) is 0 Å². The molecule has 118 valence electrons. The fourth-order valence-corrected chi connectivity index (χ4v) is 1.98. The number of nitrogens with one attached hydrogen (secondary N) is 2. The van der Waals surface area contributed by atoms with E-state index in [-0.39, 0.29) is 18.0 Å². The number of nitrogens with zero attached hydrogens (tertiary/aromatic N) is 2. The summed E-state index contributed by atoms with van der Waals surface area (Å²) in [5, 5.41) is 11.2. The first-order valence-corrected chi connectivity index (χ1v) is 7.19. The van der Waals surface area contributed by atoms with Gasteiger partial charge in [-0.15, -0.1) is 0 Å². The number of esters is 1. The molecule has 2 N–H and O–H groups in total. The van der Waals surface area contributed by atoms with Crippen molar-refractivity contribution in [2.24, 2.45) is 0 Å². The second-order valence-electron chi connectivity index (χ2n) is 4.59. The molecule has 7 nitrogen and oxygen atoms in total. The Morgan fingerprint density at radius 2 is 2.27 bits per heavy atom. The first kappa shape index (κ1) is 16.0. The lowest BCUT2D eigenvalue weighted by Crippen LogP contribution is -2.42. The summed E-state index contributed by atoms with van der Waals surface area (Å²) in [7, 11) is 0. The smallest absolute Gasteiger partial charge is 0.343 e. The van der Waals surface area contributed by atoms with E-state index in [1.807, 2.05) is 6.07 Å². The largest absolute Gasteiger partial charge is 0.462 e. The number of pyridine rings is 1. The lowest BCUT2D eigenvalue weighted by Gasteiger charge is -2.29. The van der Waals surface area contributed by atoms with Crippen molar-refractivity contribution in [1.82, 2.24) is 9.88 Å². The van der Waals surface area contributed by atoms with Gasteiger partial charge < -0.3 is 19.7 Å². The SMILES string of the molecule is CCOC(=O)/C(=C/Nc1ccccn1)C(=N)N1CCOCC1. The number of anilines is 1. The van der Waals surface area contributed by atoms with E-state index in [4.69, 9.17) is 14.9 Å². The fraction of sp³-hybridized carbons (Fsp3) is 0.400. The normalized spacial score (nSPS) is 15.3. The van der Waals surface area contributed by atoms with Crippen molar-refractivity contribution in [3.8, 4) is 0 Å². The number of carbonyl (C=O) groups is 1. The van der Waals surface area contributed by atoms with Crippen molar-refractivity contribution < 1.29 is 14.3 Å². The summed E-state index contributed by atoms with van der Waals surface area (Å²) < 4.78 is 10.3. The van der Waals surface area contributed by atoms with Gasteiger partial charge in [-0.25, -0.2) is 9.78 Å². The zero-order valence-electron chi connectivity index (χ0n) is 12.5. The second kappa shape index (κ2) is 8.14. The molecule has 1 aliphatic rings.